The van der Waals surface area contributed by atoms with Crippen molar-refractivity contribution in [3.8, 4) is 0 Å². The lowest BCUT2D eigenvalue weighted by Crippen LogP contribution is -2.30. The zero-order chi connectivity index (χ0) is 15.3. The molecule has 0 amide bonds. The molecule has 1 aliphatic rings. The van der Waals surface area contributed by atoms with E-state index in [9.17, 15) is 4.79 Å². The van der Waals surface area contributed by atoms with Crippen molar-refractivity contribution in [2.75, 3.05) is 21.2 Å². The second kappa shape index (κ2) is 7.12. The van der Waals surface area contributed by atoms with E-state index >= 15 is 0 Å². The second-order valence-corrected chi connectivity index (χ2v) is 6.60. The molecule has 118 valence electrons. The highest BCUT2D eigenvalue weighted by molar-refractivity contribution is 5.70. The van der Waals surface area contributed by atoms with Crippen LogP contribution >= 0.6 is 0 Å². The quantitative estimate of drug-likeness (QED) is 0.754. The summed E-state index contributed by atoms with van der Waals surface area (Å²) >= 11 is 0. The van der Waals surface area contributed by atoms with Crippen LogP contribution in [0.5, 0.6) is 0 Å². The lowest BCUT2D eigenvalue weighted by Gasteiger charge is -2.35. The van der Waals surface area contributed by atoms with Crippen LogP contribution in [0.25, 0.3) is 0 Å². The van der Waals surface area contributed by atoms with Gasteiger partial charge in [-0.25, -0.2) is 0 Å². The molecule has 0 spiro atoms. The highest BCUT2D eigenvalue weighted by atomic mass is 16.5. The maximum Gasteiger partial charge on any atom is 0.306 e. The number of nitrogens with zero attached hydrogens (tertiary/aromatic N) is 1. The van der Waals surface area contributed by atoms with Gasteiger partial charge in [0.2, 0.25) is 0 Å². The van der Waals surface area contributed by atoms with Crippen molar-refractivity contribution in [3.63, 3.8) is 0 Å². The summed E-state index contributed by atoms with van der Waals surface area (Å²) in [6, 6.07) is 4.11. The molecule has 1 saturated carbocycles. The Morgan fingerprint density at radius 3 is 2.52 bits per heavy atom. The molecule has 0 atom stereocenters. The number of hydrogen-bond acceptors (Lipinski definition) is 4. The molecule has 0 unspecified atom stereocenters. The zero-order valence-corrected chi connectivity index (χ0v) is 13.5. The molecule has 0 N–H and O–H groups in total. The molecule has 0 bridgehead atoms. The summed E-state index contributed by atoms with van der Waals surface area (Å²) in [5.41, 5.74) is 0.0264. The molecule has 1 heterocycles. The van der Waals surface area contributed by atoms with E-state index in [4.69, 9.17) is 9.15 Å². The average Bonchev–Trinajstić information content (AvgIpc) is 2.85. The minimum Gasteiger partial charge on any atom is -0.469 e. The van der Waals surface area contributed by atoms with Crippen LogP contribution < -0.4 is 0 Å². The van der Waals surface area contributed by atoms with Crippen LogP contribution in [0.3, 0.4) is 0 Å². The van der Waals surface area contributed by atoms with Crippen LogP contribution in [0, 0.1) is 5.41 Å². The van der Waals surface area contributed by atoms with E-state index in [0.29, 0.717) is 6.42 Å². The van der Waals surface area contributed by atoms with Gasteiger partial charge in [0.1, 0.15) is 11.5 Å². The van der Waals surface area contributed by atoms with E-state index in [1.54, 1.807) is 0 Å². The topological polar surface area (TPSA) is 42.7 Å². The number of esters is 1. The average molecular weight is 293 g/mol. The second-order valence-electron chi connectivity index (χ2n) is 6.60. The van der Waals surface area contributed by atoms with Crippen LogP contribution in [0.4, 0.5) is 0 Å². The molecule has 0 aromatic carbocycles. The van der Waals surface area contributed by atoms with Gasteiger partial charge in [-0.1, -0.05) is 19.3 Å². The van der Waals surface area contributed by atoms with Gasteiger partial charge in [-0.3, -0.25) is 4.79 Å². The summed E-state index contributed by atoms with van der Waals surface area (Å²) in [6.07, 6.45) is 7.19. The third kappa shape index (κ3) is 4.60. The summed E-state index contributed by atoms with van der Waals surface area (Å²) in [6.45, 7) is 0.810. The number of ether oxygens (including phenoxy) is 1. The SMILES string of the molecule is COC(=O)CC1(Cc2ccc(CN(C)C)o2)CCCCC1. The van der Waals surface area contributed by atoms with Gasteiger partial charge in [-0.15, -0.1) is 0 Å². The van der Waals surface area contributed by atoms with Crippen molar-refractivity contribution in [2.24, 2.45) is 5.41 Å². The van der Waals surface area contributed by atoms with Gasteiger partial charge in [0, 0.05) is 6.42 Å². The predicted molar refractivity (Wildman–Crippen MR) is 82.0 cm³/mol. The summed E-state index contributed by atoms with van der Waals surface area (Å²) in [4.78, 5) is 13.9. The van der Waals surface area contributed by atoms with E-state index < -0.39 is 0 Å². The van der Waals surface area contributed by atoms with Crippen LogP contribution in [0.1, 0.15) is 50.0 Å². The molecule has 0 saturated heterocycles. The Kier molecular flexibility index (Phi) is 5.45. The van der Waals surface area contributed by atoms with Gasteiger partial charge < -0.3 is 14.1 Å². The third-order valence-electron chi connectivity index (χ3n) is 4.40. The van der Waals surface area contributed by atoms with Crippen LogP contribution in [-0.4, -0.2) is 32.1 Å². The van der Waals surface area contributed by atoms with Crippen LogP contribution in [-0.2, 0) is 22.5 Å². The fourth-order valence-corrected chi connectivity index (χ4v) is 3.38. The van der Waals surface area contributed by atoms with Gasteiger partial charge >= 0.3 is 5.97 Å². The fourth-order valence-electron chi connectivity index (χ4n) is 3.38. The molecule has 1 aliphatic carbocycles. The molecule has 0 radical (unpaired) electrons. The first-order valence-electron chi connectivity index (χ1n) is 7.82. The number of carbonyl (C=O) groups is 1. The van der Waals surface area contributed by atoms with E-state index in [1.807, 2.05) is 20.2 Å². The molecule has 0 aliphatic heterocycles. The van der Waals surface area contributed by atoms with Crippen molar-refractivity contribution in [1.29, 1.82) is 0 Å². The third-order valence-corrected chi connectivity index (χ3v) is 4.40. The summed E-state index contributed by atoms with van der Waals surface area (Å²) in [5, 5.41) is 0. The first-order valence-corrected chi connectivity index (χ1v) is 7.82. The Hall–Kier alpha value is -1.29. The molecule has 4 nitrogen and oxygen atoms in total. The molecule has 1 aromatic heterocycles. The van der Waals surface area contributed by atoms with Gasteiger partial charge in [0.05, 0.1) is 20.1 Å². The molecular weight excluding hydrogens is 266 g/mol. The van der Waals surface area contributed by atoms with Crippen molar-refractivity contribution in [1.82, 2.24) is 4.90 Å². The molecule has 2 rings (SSSR count). The highest BCUT2D eigenvalue weighted by Gasteiger charge is 2.35. The van der Waals surface area contributed by atoms with Crippen molar-refractivity contribution in [2.45, 2.75) is 51.5 Å². The number of hydrogen-bond donors (Lipinski definition) is 0. The van der Waals surface area contributed by atoms with Gasteiger partial charge in [-0.05, 0) is 44.5 Å². The van der Waals surface area contributed by atoms with E-state index in [0.717, 1.165) is 37.3 Å². The lowest BCUT2D eigenvalue weighted by atomic mass is 9.69. The Balaban J connectivity index is 2.07. The maximum atomic E-state index is 11.8. The summed E-state index contributed by atoms with van der Waals surface area (Å²) in [5.74, 6) is 1.88. The fraction of sp³-hybridized carbons (Fsp3) is 0.706. The van der Waals surface area contributed by atoms with Crippen LogP contribution in [0.15, 0.2) is 16.5 Å². The van der Waals surface area contributed by atoms with Gasteiger partial charge in [0.15, 0.2) is 0 Å². The molecule has 21 heavy (non-hydrogen) atoms. The number of furan rings is 1. The normalized spacial score (nSPS) is 17.9. The zero-order valence-electron chi connectivity index (χ0n) is 13.5. The molecule has 1 fully saturated rings. The summed E-state index contributed by atoms with van der Waals surface area (Å²) < 4.78 is 10.8. The lowest BCUT2D eigenvalue weighted by molar-refractivity contribution is -0.144. The largest absolute Gasteiger partial charge is 0.469 e. The predicted octanol–water partition coefficient (Wildman–Crippen LogP) is 3.40. The Bertz CT molecular complexity index is 458. The standard InChI is InChI=1S/C17H27NO3/c1-18(2)13-15-8-7-14(21-15)11-17(12-16(19)20-3)9-5-4-6-10-17/h7-8H,4-6,9-13H2,1-3H3. The Morgan fingerprint density at radius 1 is 1.24 bits per heavy atom. The van der Waals surface area contributed by atoms with Gasteiger partial charge in [-0.2, -0.15) is 0 Å². The van der Waals surface area contributed by atoms with Crippen molar-refractivity contribution >= 4 is 5.97 Å². The van der Waals surface area contributed by atoms with Crippen molar-refractivity contribution in [3.05, 3.63) is 23.7 Å². The minimum absolute atomic E-state index is 0.0264. The Morgan fingerprint density at radius 2 is 1.90 bits per heavy atom. The number of carbonyl (C=O) groups excluding carboxylic acids is 1. The number of rotatable bonds is 6. The molecule has 4 heteroatoms. The Labute approximate surface area is 127 Å². The maximum absolute atomic E-state index is 11.8. The summed E-state index contributed by atoms with van der Waals surface area (Å²) in [7, 11) is 5.53. The van der Waals surface area contributed by atoms with E-state index in [1.165, 1.54) is 26.4 Å². The molecule has 1 aromatic rings. The van der Waals surface area contributed by atoms with Gasteiger partial charge in [0.25, 0.3) is 0 Å². The minimum atomic E-state index is -0.100. The highest BCUT2D eigenvalue weighted by Crippen LogP contribution is 2.42. The van der Waals surface area contributed by atoms with Crippen LogP contribution in [0.2, 0.25) is 0 Å². The van der Waals surface area contributed by atoms with E-state index in [-0.39, 0.29) is 11.4 Å². The van der Waals surface area contributed by atoms with Crippen molar-refractivity contribution < 1.29 is 13.9 Å². The first kappa shape index (κ1) is 16.1. The number of methoxy groups -OCH3 is 1. The molecular formula is C17H27NO3. The monoisotopic (exact) mass is 293 g/mol. The first-order chi connectivity index (χ1) is 10.0. The smallest absolute Gasteiger partial charge is 0.306 e. The van der Waals surface area contributed by atoms with E-state index in [2.05, 4.69) is 11.0 Å².